The lowest BCUT2D eigenvalue weighted by Gasteiger charge is -2.18. The second-order valence-corrected chi connectivity index (χ2v) is 7.96. The maximum Gasteiger partial charge on any atom is 0.349 e. The predicted octanol–water partition coefficient (Wildman–Crippen LogP) is 5.52. The van der Waals surface area contributed by atoms with Crippen molar-refractivity contribution in [3.05, 3.63) is 64.5 Å². The number of carbonyl (C=O) groups is 2. The fourth-order valence-corrected chi connectivity index (χ4v) is 3.87. The summed E-state index contributed by atoms with van der Waals surface area (Å²) in [7, 11) is 0. The number of hydrogen-bond donors (Lipinski definition) is 1. The Hall–Kier alpha value is -2.66. The molecule has 0 spiro atoms. The first kappa shape index (κ1) is 19.1. The quantitative estimate of drug-likeness (QED) is 0.592. The van der Waals surface area contributed by atoms with Crippen molar-refractivity contribution in [3.8, 4) is 0 Å². The molecule has 0 saturated carbocycles. The number of fused-ring (bicyclic) bond motifs is 1. The lowest BCUT2D eigenvalue weighted by Crippen LogP contribution is -2.30. The first-order valence-corrected chi connectivity index (χ1v) is 9.78. The average molecular weight is 381 g/mol. The van der Waals surface area contributed by atoms with Crippen LogP contribution in [0.3, 0.4) is 0 Å². The van der Waals surface area contributed by atoms with Gasteiger partial charge in [-0.15, -0.1) is 11.3 Å². The predicted molar refractivity (Wildman–Crippen MR) is 111 cm³/mol. The summed E-state index contributed by atoms with van der Waals surface area (Å²) in [5, 5.41) is 3.92. The third-order valence-electron chi connectivity index (χ3n) is 4.45. The molecule has 3 rings (SSSR count). The SMILES string of the molecule is Cc1cccc(C(C)C)c1NC(=O)[C@@H](C)OC(=O)c1cc2ccccc2s1. The van der Waals surface area contributed by atoms with Gasteiger partial charge in [-0.25, -0.2) is 4.79 Å². The molecule has 0 aliphatic rings. The van der Waals surface area contributed by atoms with Gasteiger partial charge >= 0.3 is 5.97 Å². The highest BCUT2D eigenvalue weighted by molar-refractivity contribution is 7.20. The molecule has 0 saturated heterocycles. The van der Waals surface area contributed by atoms with Gasteiger partial charge in [-0.1, -0.05) is 50.2 Å². The topological polar surface area (TPSA) is 55.4 Å². The van der Waals surface area contributed by atoms with Gasteiger partial charge in [0.2, 0.25) is 0 Å². The fourth-order valence-electron chi connectivity index (χ4n) is 2.92. The Morgan fingerprint density at radius 3 is 2.48 bits per heavy atom. The van der Waals surface area contributed by atoms with Crippen LogP contribution in [0.25, 0.3) is 10.1 Å². The summed E-state index contributed by atoms with van der Waals surface area (Å²) in [4.78, 5) is 25.5. The molecular formula is C22H23NO3S. The molecule has 0 unspecified atom stereocenters. The molecule has 0 radical (unpaired) electrons. The van der Waals surface area contributed by atoms with Crippen molar-refractivity contribution in [2.75, 3.05) is 5.32 Å². The van der Waals surface area contributed by atoms with E-state index in [1.165, 1.54) is 11.3 Å². The molecule has 3 aromatic rings. The summed E-state index contributed by atoms with van der Waals surface area (Å²) < 4.78 is 6.42. The van der Waals surface area contributed by atoms with Crippen LogP contribution in [-0.2, 0) is 9.53 Å². The first-order valence-electron chi connectivity index (χ1n) is 8.96. The number of para-hydroxylation sites is 1. The Kier molecular flexibility index (Phi) is 5.61. The van der Waals surface area contributed by atoms with Gasteiger partial charge in [0.05, 0.1) is 0 Å². The Morgan fingerprint density at radius 2 is 1.78 bits per heavy atom. The third kappa shape index (κ3) is 4.19. The molecule has 140 valence electrons. The van der Waals surface area contributed by atoms with Crippen molar-refractivity contribution in [2.45, 2.75) is 39.7 Å². The Balaban J connectivity index is 1.72. The van der Waals surface area contributed by atoms with Crippen molar-refractivity contribution in [2.24, 2.45) is 0 Å². The van der Waals surface area contributed by atoms with Crippen LogP contribution >= 0.6 is 11.3 Å². The number of thiophene rings is 1. The molecule has 1 amide bonds. The van der Waals surface area contributed by atoms with Gasteiger partial charge in [0.1, 0.15) is 4.88 Å². The van der Waals surface area contributed by atoms with Crippen LogP contribution in [0.4, 0.5) is 5.69 Å². The maximum absolute atomic E-state index is 12.6. The number of rotatable bonds is 5. The van der Waals surface area contributed by atoms with Gasteiger partial charge in [-0.3, -0.25) is 4.79 Å². The highest BCUT2D eigenvalue weighted by Gasteiger charge is 2.22. The van der Waals surface area contributed by atoms with Crippen LogP contribution in [-0.4, -0.2) is 18.0 Å². The van der Waals surface area contributed by atoms with Gasteiger partial charge in [0.25, 0.3) is 5.91 Å². The highest BCUT2D eigenvalue weighted by Crippen LogP contribution is 2.28. The molecule has 2 aromatic carbocycles. The molecule has 5 heteroatoms. The van der Waals surface area contributed by atoms with E-state index >= 15 is 0 Å². The minimum atomic E-state index is -0.887. The summed E-state index contributed by atoms with van der Waals surface area (Å²) in [6.07, 6.45) is -0.887. The van der Waals surface area contributed by atoms with Crippen LogP contribution < -0.4 is 5.32 Å². The number of amides is 1. The van der Waals surface area contributed by atoms with E-state index in [2.05, 4.69) is 19.2 Å². The van der Waals surface area contributed by atoms with E-state index in [4.69, 9.17) is 4.74 Å². The molecule has 1 heterocycles. The lowest BCUT2D eigenvalue weighted by atomic mass is 9.98. The van der Waals surface area contributed by atoms with Gasteiger partial charge < -0.3 is 10.1 Å². The molecule has 1 aromatic heterocycles. The number of carbonyl (C=O) groups excluding carboxylic acids is 2. The zero-order chi connectivity index (χ0) is 19.6. The molecule has 0 aliphatic heterocycles. The molecule has 1 N–H and O–H groups in total. The molecule has 1 atom stereocenters. The minimum Gasteiger partial charge on any atom is -0.448 e. The van der Waals surface area contributed by atoms with Crippen LogP contribution in [0, 0.1) is 6.92 Å². The molecule has 0 bridgehead atoms. The van der Waals surface area contributed by atoms with E-state index in [9.17, 15) is 9.59 Å². The zero-order valence-corrected chi connectivity index (χ0v) is 16.7. The second-order valence-electron chi connectivity index (χ2n) is 6.88. The van der Waals surface area contributed by atoms with E-state index in [0.717, 1.165) is 26.9 Å². The summed E-state index contributed by atoms with van der Waals surface area (Å²) in [6, 6.07) is 15.5. The Labute approximate surface area is 163 Å². The third-order valence-corrected chi connectivity index (χ3v) is 5.55. The van der Waals surface area contributed by atoms with Crippen molar-refractivity contribution in [3.63, 3.8) is 0 Å². The Bertz CT molecular complexity index is 957. The van der Waals surface area contributed by atoms with Crippen LogP contribution in [0.2, 0.25) is 0 Å². The van der Waals surface area contributed by atoms with Crippen LogP contribution in [0.15, 0.2) is 48.5 Å². The smallest absolute Gasteiger partial charge is 0.349 e. The molecule has 0 fully saturated rings. The minimum absolute atomic E-state index is 0.275. The average Bonchev–Trinajstić information content (AvgIpc) is 3.07. The number of anilines is 1. The standard InChI is InChI=1S/C22H23NO3S/c1-13(2)17-10-7-8-14(3)20(17)23-21(24)15(4)26-22(25)19-12-16-9-5-6-11-18(16)27-19/h5-13,15H,1-4H3,(H,23,24)/t15-/m1/s1. The number of esters is 1. The van der Waals surface area contributed by atoms with Gasteiger partial charge in [0.15, 0.2) is 6.10 Å². The molecule has 4 nitrogen and oxygen atoms in total. The lowest BCUT2D eigenvalue weighted by molar-refractivity contribution is -0.123. The summed E-state index contributed by atoms with van der Waals surface area (Å²) >= 11 is 1.37. The number of ether oxygens (including phenoxy) is 1. The normalized spacial score (nSPS) is 12.2. The second kappa shape index (κ2) is 7.92. The number of benzene rings is 2. The van der Waals surface area contributed by atoms with E-state index in [-0.39, 0.29) is 11.8 Å². The monoisotopic (exact) mass is 381 g/mol. The molecule has 0 aliphatic carbocycles. The zero-order valence-electron chi connectivity index (χ0n) is 15.9. The van der Waals surface area contributed by atoms with Crippen molar-refractivity contribution < 1.29 is 14.3 Å². The van der Waals surface area contributed by atoms with E-state index < -0.39 is 12.1 Å². The molecular weight excluding hydrogens is 358 g/mol. The number of hydrogen-bond acceptors (Lipinski definition) is 4. The summed E-state index contributed by atoms with van der Waals surface area (Å²) in [6.45, 7) is 7.70. The van der Waals surface area contributed by atoms with Gasteiger partial charge in [-0.05, 0) is 48.4 Å². The van der Waals surface area contributed by atoms with Gasteiger partial charge in [-0.2, -0.15) is 0 Å². The van der Waals surface area contributed by atoms with E-state index in [1.807, 2.05) is 49.4 Å². The first-order chi connectivity index (χ1) is 12.9. The van der Waals surface area contributed by atoms with Crippen molar-refractivity contribution in [1.82, 2.24) is 0 Å². The Morgan fingerprint density at radius 1 is 1.04 bits per heavy atom. The van der Waals surface area contributed by atoms with Crippen molar-refractivity contribution >= 4 is 39.0 Å². The summed E-state index contributed by atoms with van der Waals surface area (Å²) in [5.41, 5.74) is 2.84. The summed E-state index contributed by atoms with van der Waals surface area (Å²) in [5.74, 6) is -0.537. The van der Waals surface area contributed by atoms with Gasteiger partial charge in [0, 0.05) is 10.4 Å². The largest absolute Gasteiger partial charge is 0.448 e. The highest BCUT2D eigenvalue weighted by atomic mass is 32.1. The van der Waals surface area contributed by atoms with E-state index in [1.54, 1.807) is 13.0 Å². The fraction of sp³-hybridized carbons (Fsp3) is 0.273. The number of aryl methyl sites for hydroxylation is 1. The molecule has 27 heavy (non-hydrogen) atoms. The number of nitrogens with one attached hydrogen (secondary N) is 1. The van der Waals surface area contributed by atoms with Crippen LogP contribution in [0.1, 0.15) is 47.5 Å². The maximum atomic E-state index is 12.6. The van der Waals surface area contributed by atoms with Crippen molar-refractivity contribution in [1.29, 1.82) is 0 Å². The van der Waals surface area contributed by atoms with Crippen LogP contribution in [0.5, 0.6) is 0 Å². The van der Waals surface area contributed by atoms with E-state index in [0.29, 0.717) is 4.88 Å².